The number of anilines is 1. The minimum Gasteiger partial charge on any atom is -0.323 e. The van der Waals surface area contributed by atoms with E-state index in [2.05, 4.69) is 10.3 Å². The molecule has 1 aromatic carbocycles. The number of rotatable bonds is 2. The number of nitrogens with one attached hydrogen (secondary N) is 2. The third kappa shape index (κ3) is 1.69. The number of fused-ring (bicyclic) bond motifs is 1. The number of aromatic nitrogens is 2. The van der Waals surface area contributed by atoms with Crippen molar-refractivity contribution in [2.24, 2.45) is 7.05 Å². The van der Waals surface area contributed by atoms with Gasteiger partial charge in [0.2, 0.25) is 5.91 Å². The van der Waals surface area contributed by atoms with Gasteiger partial charge >= 0.3 is 5.69 Å². The lowest BCUT2D eigenvalue weighted by Gasteiger charge is -2.05. The first kappa shape index (κ1) is 10.8. The summed E-state index contributed by atoms with van der Waals surface area (Å²) in [5.74, 6) is -0.419. The summed E-state index contributed by atoms with van der Waals surface area (Å²) in [5, 5.41) is 2.64. The maximum atomic E-state index is 11.4. The Balaban J connectivity index is 2.61. The third-order valence-corrected chi connectivity index (χ3v) is 2.56. The molecule has 0 atom stereocenters. The summed E-state index contributed by atoms with van der Waals surface area (Å²) in [7, 11) is 1.64. The second kappa shape index (κ2) is 4.02. The van der Waals surface area contributed by atoms with Crippen molar-refractivity contribution >= 4 is 34.2 Å². The van der Waals surface area contributed by atoms with E-state index in [1.54, 1.807) is 25.2 Å². The van der Waals surface area contributed by atoms with E-state index in [0.29, 0.717) is 16.7 Å². The summed E-state index contributed by atoms with van der Waals surface area (Å²) in [6.07, 6.45) is 0. The largest absolute Gasteiger partial charge is 0.326 e. The zero-order valence-corrected chi connectivity index (χ0v) is 9.34. The summed E-state index contributed by atoms with van der Waals surface area (Å²) in [6, 6.07) is 5.25. The minimum atomic E-state index is -0.303. The lowest BCUT2D eigenvalue weighted by atomic mass is 10.2. The Morgan fingerprint density at radius 3 is 3.00 bits per heavy atom. The van der Waals surface area contributed by atoms with Crippen molar-refractivity contribution < 1.29 is 4.79 Å². The fraction of sp³-hybridized carbons (Fsp3) is 0.200. The zero-order valence-electron chi connectivity index (χ0n) is 8.58. The Bertz CT molecular complexity index is 600. The van der Waals surface area contributed by atoms with Crippen molar-refractivity contribution in [1.82, 2.24) is 9.55 Å². The third-order valence-electron chi connectivity index (χ3n) is 2.31. The molecule has 1 heterocycles. The average molecular weight is 240 g/mol. The molecule has 16 heavy (non-hydrogen) atoms. The standard InChI is InChI=1S/C10H10ClN3O2/c1-14-9-6(12-8(15)5-11)3-2-4-7(9)13-10(14)16/h2-4H,5H2,1H3,(H,12,15)(H,13,16). The monoisotopic (exact) mass is 239 g/mol. The second-order valence-electron chi connectivity index (χ2n) is 3.37. The summed E-state index contributed by atoms with van der Waals surface area (Å²) in [4.78, 5) is 25.3. The second-order valence-corrected chi connectivity index (χ2v) is 3.64. The number of carbonyl (C=O) groups excluding carboxylic acids is 1. The summed E-state index contributed by atoms with van der Waals surface area (Å²) in [5.41, 5.74) is 1.69. The van der Waals surface area contributed by atoms with Crippen LogP contribution < -0.4 is 11.0 Å². The summed E-state index contributed by atoms with van der Waals surface area (Å²) >= 11 is 5.41. The van der Waals surface area contributed by atoms with Crippen LogP contribution in [0, 0.1) is 0 Å². The molecule has 1 amide bonds. The molecule has 0 spiro atoms. The normalized spacial score (nSPS) is 10.6. The molecule has 2 aromatic rings. The molecule has 6 heteroatoms. The van der Waals surface area contributed by atoms with Crippen molar-refractivity contribution in [1.29, 1.82) is 0 Å². The highest BCUT2D eigenvalue weighted by molar-refractivity contribution is 6.29. The van der Waals surface area contributed by atoms with Gasteiger partial charge in [-0.1, -0.05) is 6.07 Å². The Morgan fingerprint density at radius 2 is 2.31 bits per heavy atom. The van der Waals surface area contributed by atoms with E-state index in [4.69, 9.17) is 11.6 Å². The van der Waals surface area contributed by atoms with Crippen LogP contribution in [0.2, 0.25) is 0 Å². The molecule has 5 nitrogen and oxygen atoms in total. The van der Waals surface area contributed by atoms with Crippen molar-refractivity contribution in [3.63, 3.8) is 0 Å². The number of para-hydroxylation sites is 1. The van der Waals surface area contributed by atoms with Gasteiger partial charge < -0.3 is 10.3 Å². The first-order chi connectivity index (χ1) is 7.63. The highest BCUT2D eigenvalue weighted by Gasteiger charge is 2.09. The van der Waals surface area contributed by atoms with E-state index < -0.39 is 0 Å². The molecule has 2 rings (SSSR count). The Kier molecular flexibility index (Phi) is 2.70. The number of halogens is 1. The van der Waals surface area contributed by atoms with Gasteiger partial charge in [0.1, 0.15) is 5.88 Å². The number of H-pyrrole nitrogens is 1. The summed E-state index contributed by atoms with van der Waals surface area (Å²) in [6.45, 7) is 0. The maximum absolute atomic E-state index is 11.4. The van der Waals surface area contributed by atoms with Crippen LogP contribution in [-0.4, -0.2) is 21.3 Å². The Morgan fingerprint density at radius 1 is 1.56 bits per heavy atom. The van der Waals surface area contributed by atoms with E-state index in [9.17, 15) is 9.59 Å². The predicted molar refractivity (Wildman–Crippen MR) is 62.9 cm³/mol. The quantitative estimate of drug-likeness (QED) is 0.769. The van der Waals surface area contributed by atoms with Gasteiger partial charge in [-0.05, 0) is 12.1 Å². The van der Waals surface area contributed by atoms with Gasteiger partial charge in [0.25, 0.3) is 0 Å². The molecule has 0 saturated carbocycles. The molecule has 1 aromatic heterocycles. The van der Waals surface area contributed by atoms with Crippen LogP contribution in [0.15, 0.2) is 23.0 Å². The van der Waals surface area contributed by atoms with Crippen LogP contribution in [-0.2, 0) is 11.8 Å². The molecule has 0 aliphatic rings. The van der Waals surface area contributed by atoms with Crippen LogP contribution in [0.3, 0.4) is 0 Å². The molecular weight excluding hydrogens is 230 g/mol. The SMILES string of the molecule is Cn1c(=O)[nH]c2cccc(NC(=O)CCl)c21. The minimum absolute atomic E-state index is 0.116. The summed E-state index contributed by atoms with van der Waals surface area (Å²) < 4.78 is 1.44. The number of hydrogen-bond acceptors (Lipinski definition) is 2. The topological polar surface area (TPSA) is 66.9 Å². The number of carbonyl (C=O) groups is 1. The number of imidazole rings is 1. The van der Waals surface area contributed by atoms with Gasteiger partial charge in [-0.2, -0.15) is 0 Å². The molecule has 0 bridgehead atoms. The van der Waals surface area contributed by atoms with E-state index in [0.717, 1.165) is 0 Å². The lowest BCUT2D eigenvalue weighted by molar-refractivity contribution is -0.113. The van der Waals surface area contributed by atoms with Crippen LogP contribution in [0.4, 0.5) is 5.69 Å². The van der Waals surface area contributed by atoms with Gasteiger partial charge in [0.05, 0.1) is 16.7 Å². The van der Waals surface area contributed by atoms with Gasteiger partial charge in [0.15, 0.2) is 0 Å². The van der Waals surface area contributed by atoms with Crippen LogP contribution in [0.25, 0.3) is 11.0 Å². The molecule has 2 N–H and O–H groups in total. The van der Waals surface area contributed by atoms with Crippen LogP contribution in [0.1, 0.15) is 0 Å². The fourth-order valence-electron chi connectivity index (χ4n) is 1.59. The van der Waals surface area contributed by atoms with Gasteiger partial charge in [-0.3, -0.25) is 9.36 Å². The maximum Gasteiger partial charge on any atom is 0.326 e. The highest BCUT2D eigenvalue weighted by Crippen LogP contribution is 2.20. The zero-order chi connectivity index (χ0) is 11.7. The smallest absolute Gasteiger partial charge is 0.323 e. The number of aryl methyl sites for hydroxylation is 1. The molecule has 0 unspecified atom stereocenters. The van der Waals surface area contributed by atoms with Gasteiger partial charge in [-0.15, -0.1) is 11.6 Å². The molecule has 0 radical (unpaired) electrons. The van der Waals surface area contributed by atoms with E-state index in [-0.39, 0.29) is 17.5 Å². The number of benzene rings is 1. The molecule has 0 saturated heterocycles. The number of aromatic amines is 1. The van der Waals surface area contributed by atoms with Crippen LogP contribution in [0.5, 0.6) is 0 Å². The van der Waals surface area contributed by atoms with Crippen molar-refractivity contribution in [2.75, 3.05) is 11.2 Å². The predicted octanol–water partition coefficient (Wildman–Crippen LogP) is 1.04. The van der Waals surface area contributed by atoms with E-state index >= 15 is 0 Å². The fourth-order valence-corrected chi connectivity index (χ4v) is 1.66. The number of hydrogen-bond donors (Lipinski definition) is 2. The van der Waals surface area contributed by atoms with Crippen LogP contribution >= 0.6 is 11.6 Å². The van der Waals surface area contributed by atoms with E-state index in [1.807, 2.05) is 0 Å². The molecule has 84 valence electrons. The van der Waals surface area contributed by atoms with Crippen molar-refractivity contribution in [3.8, 4) is 0 Å². The first-order valence-corrected chi connectivity index (χ1v) is 5.20. The lowest BCUT2D eigenvalue weighted by Crippen LogP contribution is -2.15. The molecule has 0 aliphatic heterocycles. The van der Waals surface area contributed by atoms with Gasteiger partial charge in [0, 0.05) is 7.05 Å². The molecule has 0 fully saturated rings. The first-order valence-electron chi connectivity index (χ1n) is 4.67. The van der Waals surface area contributed by atoms with E-state index in [1.165, 1.54) is 4.57 Å². The number of alkyl halides is 1. The van der Waals surface area contributed by atoms with Crippen molar-refractivity contribution in [2.45, 2.75) is 0 Å². The Hall–Kier alpha value is -1.75. The number of amides is 1. The Labute approximate surface area is 96.0 Å². The highest BCUT2D eigenvalue weighted by atomic mass is 35.5. The van der Waals surface area contributed by atoms with Gasteiger partial charge in [-0.25, -0.2) is 4.79 Å². The van der Waals surface area contributed by atoms with Crippen molar-refractivity contribution in [3.05, 3.63) is 28.7 Å². The number of nitrogens with zero attached hydrogens (tertiary/aromatic N) is 1. The average Bonchev–Trinajstić information content (AvgIpc) is 2.56. The molecule has 0 aliphatic carbocycles. The molecular formula is C10H10ClN3O2.